The summed E-state index contributed by atoms with van der Waals surface area (Å²) >= 11 is 0. The highest BCUT2D eigenvalue weighted by Gasteiger charge is 2.22. The van der Waals surface area contributed by atoms with Crippen molar-refractivity contribution in [3.63, 3.8) is 0 Å². The van der Waals surface area contributed by atoms with Crippen LogP contribution < -0.4 is 0 Å². The van der Waals surface area contributed by atoms with Gasteiger partial charge in [0.15, 0.2) is 0 Å². The lowest BCUT2D eigenvalue weighted by Gasteiger charge is -2.34. The Labute approximate surface area is 71.1 Å². The van der Waals surface area contributed by atoms with E-state index in [1.54, 1.807) is 0 Å². The number of allylic oxidation sites excluding steroid dienone is 1. The van der Waals surface area contributed by atoms with Crippen LogP contribution in [0, 0.1) is 0 Å². The zero-order valence-corrected chi connectivity index (χ0v) is 8.95. The third-order valence-corrected chi connectivity index (χ3v) is 2.79. The van der Waals surface area contributed by atoms with Gasteiger partial charge in [-0.2, -0.15) is 0 Å². The smallest absolute Gasteiger partial charge is 0.0357 e. The highest BCUT2D eigenvalue weighted by atomic mass is 15.1. The van der Waals surface area contributed by atoms with Crippen LogP contribution in [0.5, 0.6) is 0 Å². The van der Waals surface area contributed by atoms with E-state index in [4.69, 9.17) is 0 Å². The van der Waals surface area contributed by atoms with E-state index < -0.39 is 0 Å². The van der Waals surface area contributed by atoms with Gasteiger partial charge in [-0.25, -0.2) is 0 Å². The van der Waals surface area contributed by atoms with Crippen molar-refractivity contribution in [3.8, 4) is 0 Å². The molecule has 0 bridgehead atoms. The molecular formula is C10H21N. The summed E-state index contributed by atoms with van der Waals surface area (Å²) in [5, 5.41) is 0. The number of likely N-dealkylation sites (N-methyl/N-ethyl adjacent to an activating group) is 1. The second-order valence-electron chi connectivity index (χ2n) is 4.08. The van der Waals surface area contributed by atoms with E-state index in [0.29, 0.717) is 0 Å². The van der Waals surface area contributed by atoms with Gasteiger partial charge in [-0.1, -0.05) is 11.1 Å². The van der Waals surface area contributed by atoms with Crippen LogP contribution in [-0.2, 0) is 0 Å². The van der Waals surface area contributed by atoms with Gasteiger partial charge in [0.2, 0.25) is 0 Å². The Kier molecular flexibility index (Phi) is 3.30. The molecule has 0 aromatic carbocycles. The van der Waals surface area contributed by atoms with Crippen molar-refractivity contribution in [2.75, 3.05) is 14.1 Å². The third-order valence-electron chi connectivity index (χ3n) is 2.79. The van der Waals surface area contributed by atoms with E-state index in [1.165, 1.54) is 11.1 Å². The fourth-order valence-corrected chi connectivity index (χ4v) is 0.947. The summed E-state index contributed by atoms with van der Waals surface area (Å²) in [6.07, 6.45) is 0. The first-order valence-corrected chi connectivity index (χ1v) is 4.12. The molecule has 0 atom stereocenters. The van der Waals surface area contributed by atoms with Crippen LogP contribution in [0.4, 0.5) is 0 Å². The first-order chi connectivity index (χ1) is 4.80. The van der Waals surface area contributed by atoms with E-state index >= 15 is 0 Å². The first-order valence-electron chi connectivity index (χ1n) is 4.12. The highest BCUT2D eigenvalue weighted by molar-refractivity contribution is 5.19. The van der Waals surface area contributed by atoms with Crippen LogP contribution in [0.25, 0.3) is 0 Å². The Hall–Kier alpha value is -0.300. The van der Waals surface area contributed by atoms with Gasteiger partial charge in [-0.05, 0) is 48.7 Å². The molecule has 0 amide bonds. The van der Waals surface area contributed by atoms with E-state index in [9.17, 15) is 0 Å². The van der Waals surface area contributed by atoms with Crippen molar-refractivity contribution in [2.24, 2.45) is 0 Å². The first kappa shape index (κ1) is 10.7. The molecule has 0 saturated heterocycles. The quantitative estimate of drug-likeness (QED) is 0.554. The molecule has 0 aliphatic rings. The second-order valence-corrected chi connectivity index (χ2v) is 4.08. The zero-order chi connectivity index (χ0) is 9.23. The average Bonchev–Trinajstić information content (AvgIpc) is 1.85. The molecule has 0 fully saturated rings. The van der Waals surface area contributed by atoms with E-state index in [-0.39, 0.29) is 5.54 Å². The van der Waals surface area contributed by atoms with Crippen molar-refractivity contribution in [1.82, 2.24) is 4.90 Å². The Morgan fingerprint density at radius 3 is 1.45 bits per heavy atom. The Morgan fingerprint density at radius 1 is 1.00 bits per heavy atom. The monoisotopic (exact) mass is 155 g/mol. The maximum Gasteiger partial charge on any atom is 0.0357 e. The van der Waals surface area contributed by atoms with Gasteiger partial charge >= 0.3 is 0 Å². The van der Waals surface area contributed by atoms with Gasteiger partial charge in [0.05, 0.1) is 0 Å². The zero-order valence-electron chi connectivity index (χ0n) is 8.95. The summed E-state index contributed by atoms with van der Waals surface area (Å²) in [7, 11) is 4.24. The van der Waals surface area contributed by atoms with Crippen LogP contribution in [0.15, 0.2) is 11.1 Å². The highest BCUT2D eigenvalue weighted by Crippen LogP contribution is 2.23. The predicted molar refractivity (Wildman–Crippen MR) is 51.8 cm³/mol. The normalized spacial score (nSPS) is 12.0. The molecule has 1 nitrogen and oxygen atoms in total. The second kappa shape index (κ2) is 3.40. The molecule has 66 valence electrons. The van der Waals surface area contributed by atoms with Gasteiger partial charge in [0, 0.05) is 5.54 Å². The summed E-state index contributed by atoms with van der Waals surface area (Å²) in [6, 6.07) is 0. The van der Waals surface area contributed by atoms with Crippen LogP contribution in [0.3, 0.4) is 0 Å². The SMILES string of the molecule is CC(C)=C(C)C(C)(C)N(C)C. The number of hydrogen-bond acceptors (Lipinski definition) is 1. The number of nitrogens with zero attached hydrogens (tertiary/aromatic N) is 1. The van der Waals surface area contributed by atoms with Crippen molar-refractivity contribution < 1.29 is 0 Å². The molecule has 0 spiro atoms. The Balaban J connectivity index is 4.70. The topological polar surface area (TPSA) is 3.24 Å². The minimum atomic E-state index is 0.193. The van der Waals surface area contributed by atoms with Crippen LogP contribution in [0.2, 0.25) is 0 Å². The Morgan fingerprint density at radius 2 is 1.36 bits per heavy atom. The number of rotatable bonds is 2. The van der Waals surface area contributed by atoms with Gasteiger partial charge < -0.3 is 4.90 Å². The van der Waals surface area contributed by atoms with Crippen LogP contribution >= 0.6 is 0 Å². The predicted octanol–water partition coefficient (Wildman–Crippen LogP) is 2.68. The molecular weight excluding hydrogens is 134 g/mol. The largest absolute Gasteiger partial charge is 0.301 e. The molecule has 0 aromatic rings. The summed E-state index contributed by atoms with van der Waals surface area (Å²) in [5.41, 5.74) is 3.07. The summed E-state index contributed by atoms with van der Waals surface area (Å²) in [4.78, 5) is 2.25. The molecule has 0 heterocycles. The Bertz CT molecular complexity index is 160. The molecule has 0 rings (SSSR count). The van der Waals surface area contributed by atoms with E-state index in [0.717, 1.165) is 0 Å². The summed E-state index contributed by atoms with van der Waals surface area (Å²) < 4.78 is 0. The summed E-state index contributed by atoms with van der Waals surface area (Å²) in [6.45, 7) is 11.0. The third kappa shape index (κ3) is 2.33. The van der Waals surface area contributed by atoms with Crippen LogP contribution in [0.1, 0.15) is 34.6 Å². The molecule has 0 aromatic heterocycles. The lowest BCUT2D eigenvalue weighted by atomic mass is 9.91. The molecule has 0 unspecified atom stereocenters. The van der Waals surface area contributed by atoms with E-state index in [2.05, 4.69) is 53.6 Å². The van der Waals surface area contributed by atoms with Gasteiger partial charge in [-0.15, -0.1) is 0 Å². The molecule has 1 heteroatoms. The maximum absolute atomic E-state index is 2.25. The minimum absolute atomic E-state index is 0.193. The molecule has 0 radical (unpaired) electrons. The molecule has 0 saturated carbocycles. The van der Waals surface area contributed by atoms with Crippen molar-refractivity contribution >= 4 is 0 Å². The van der Waals surface area contributed by atoms with Gasteiger partial charge in [0.1, 0.15) is 0 Å². The van der Waals surface area contributed by atoms with Crippen molar-refractivity contribution in [3.05, 3.63) is 11.1 Å². The fraction of sp³-hybridized carbons (Fsp3) is 0.800. The molecule has 0 aliphatic heterocycles. The van der Waals surface area contributed by atoms with Crippen molar-refractivity contribution in [1.29, 1.82) is 0 Å². The molecule has 0 aliphatic carbocycles. The van der Waals surface area contributed by atoms with Gasteiger partial charge in [0.25, 0.3) is 0 Å². The number of hydrogen-bond donors (Lipinski definition) is 0. The fourth-order valence-electron chi connectivity index (χ4n) is 0.947. The summed E-state index contributed by atoms with van der Waals surface area (Å²) in [5.74, 6) is 0. The maximum atomic E-state index is 2.25. The van der Waals surface area contributed by atoms with E-state index in [1.807, 2.05) is 0 Å². The standard InChI is InChI=1S/C10H21N/c1-8(2)9(3)10(4,5)11(6)7/h1-7H3. The molecule has 0 N–H and O–H groups in total. The van der Waals surface area contributed by atoms with Crippen LogP contribution in [-0.4, -0.2) is 24.5 Å². The lowest BCUT2D eigenvalue weighted by molar-refractivity contribution is 0.236. The lowest BCUT2D eigenvalue weighted by Crippen LogP contribution is -2.39. The van der Waals surface area contributed by atoms with Crippen molar-refractivity contribution in [2.45, 2.75) is 40.2 Å². The average molecular weight is 155 g/mol. The minimum Gasteiger partial charge on any atom is -0.301 e. The molecule has 11 heavy (non-hydrogen) atoms. The van der Waals surface area contributed by atoms with Gasteiger partial charge in [-0.3, -0.25) is 0 Å².